The monoisotopic (exact) mass is 485 g/mol. The van der Waals surface area contributed by atoms with Crippen molar-refractivity contribution in [3.8, 4) is 17.0 Å². The van der Waals surface area contributed by atoms with Gasteiger partial charge < -0.3 is 15.0 Å². The molecule has 3 fully saturated rings. The minimum Gasteiger partial charge on any atom is -0.490 e. The lowest BCUT2D eigenvalue weighted by Crippen LogP contribution is -2.52. The maximum atomic E-state index is 14.9. The lowest BCUT2D eigenvalue weighted by atomic mass is 9.97. The number of hydrogen-bond donors (Lipinski definition) is 1. The van der Waals surface area contributed by atoms with Crippen LogP contribution in [0.25, 0.3) is 11.3 Å². The van der Waals surface area contributed by atoms with E-state index in [0.29, 0.717) is 34.7 Å². The Hall–Kier alpha value is -1.93. The van der Waals surface area contributed by atoms with E-state index in [1.54, 1.807) is 12.1 Å². The highest BCUT2D eigenvalue weighted by molar-refractivity contribution is 6.34. The molecule has 0 amide bonds. The minimum absolute atomic E-state index is 0.0729. The summed E-state index contributed by atoms with van der Waals surface area (Å²) >= 11 is 6.95. The van der Waals surface area contributed by atoms with E-state index in [1.165, 1.54) is 25.6 Å². The van der Waals surface area contributed by atoms with Gasteiger partial charge in [-0.25, -0.2) is 9.37 Å². The first kappa shape index (κ1) is 22.5. The van der Waals surface area contributed by atoms with Gasteiger partial charge in [-0.1, -0.05) is 23.7 Å². The van der Waals surface area contributed by atoms with E-state index >= 15 is 0 Å². The van der Waals surface area contributed by atoms with Gasteiger partial charge >= 0.3 is 0 Å². The van der Waals surface area contributed by atoms with Crippen molar-refractivity contribution in [2.24, 2.45) is 0 Å². The zero-order chi connectivity index (χ0) is 23.4. The number of benzene rings is 1. The zero-order valence-electron chi connectivity index (χ0n) is 20.0. The summed E-state index contributed by atoms with van der Waals surface area (Å²) < 4.78 is 21.3. The summed E-state index contributed by atoms with van der Waals surface area (Å²) in [6.45, 7) is 12.0. The summed E-state index contributed by atoms with van der Waals surface area (Å²) in [6, 6.07) is 7.52. The number of ether oxygens (including phenoxy) is 1. The van der Waals surface area contributed by atoms with Gasteiger partial charge in [-0.15, -0.1) is 0 Å². The third-order valence-corrected chi connectivity index (χ3v) is 8.42. The van der Waals surface area contributed by atoms with Crippen LogP contribution in [0, 0.1) is 5.82 Å². The lowest BCUT2D eigenvalue weighted by molar-refractivity contribution is 0.120. The molecule has 0 spiro atoms. The van der Waals surface area contributed by atoms with Gasteiger partial charge in [0.1, 0.15) is 29.0 Å². The molecular weight excluding hydrogens is 453 g/mol. The summed E-state index contributed by atoms with van der Waals surface area (Å²) in [7, 11) is 0. The number of pyridine rings is 1. The molecule has 2 atom stereocenters. The summed E-state index contributed by atoms with van der Waals surface area (Å²) in [5.74, 6) is 1.24. The highest BCUT2D eigenvalue weighted by atomic mass is 35.5. The molecule has 182 valence electrons. The quantitative estimate of drug-likeness (QED) is 0.714. The molecule has 0 radical (unpaired) electrons. The van der Waals surface area contributed by atoms with Crippen molar-refractivity contribution in [3.63, 3.8) is 0 Å². The fourth-order valence-electron chi connectivity index (χ4n) is 6.00. The van der Waals surface area contributed by atoms with Gasteiger partial charge in [0.2, 0.25) is 0 Å². The van der Waals surface area contributed by atoms with Crippen LogP contribution in [0.2, 0.25) is 5.02 Å². The van der Waals surface area contributed by atoms with Gasteiger partial charge in [0.05, 0.1) is 17.3 Å². The zero-order valence-corrected chi connectivity index (χ0v) is 20.7. The largest absolute Gasteiger partial charge is 0.490 e. The van der Waals surface area contributed by atoms with E-state index < -0.39 is 0 Å². The molecule has 1 unspecified atom stereocenters. The number of hydrogen-bond acceptors (Lipinski definition) is 6. The van der Waals surface area contributed by atoms with Gasteiger partial charge in [-0.2, -0.15) is 0 Å². The van der Waals surface area contributed by atoms with Crippen LogP contribution in [0.4, 0.5) is 10.2 Å². The highest BCUT2D eigenvalue weighted by Crippen LogP contribution is 2.47. The van der Waals surface area contributed by atoms with Gasteiger partial charge in [0.15, 0.2) is 0 Å². The van der Waals surface area contributed by atoms with Crippen LogP contribution in [0.15, 0.2) is 24.3 Å². The summed E-state index contributed by atoms with van der Waals surface area (Å²) in [4.78, 5) is 12.6. The molecule has 0 bridgehead atoms. The molecule has 34 heavy (non-hydrogen) atoms. The van der Waals surface area contributed by atoms with Crippen molar-refractivity contribution in [1.82, 2.24) is 20.1 Å². The SMILES string of the molecule is CC1(C)CC(N2CCC2)CN1c1nc(-c2ccccc2F)c(Cl)c2c1CN1CCNC[C@@H]1CO2. The first-order chi connectivity index (χ1) is 16.4. The fraction of sp³-hybridized carbons (Fsp3) is 0.577. The number of nitrogens with one attached hydrogen (secondary N) is 1. The molecule has 1 aromatic heterocycles. The van der Waals surface area contributed by atoms with Crippen LogP contribution < -0.4 is 15.0 Å². The van der Waals surface area contributed by atoms with Crippen LogP contribution in [-0.4, -0.2) is 78.3 Å². The molecule has 2 aromatic rings. The number of nitrogens with zero attached hydrogens (tertiary/aromatic N) is 4. The molecule has 6 rings (SSSR count). The average Bonchev–Trinajstić information content (AvgIpc) is 2.96. The minimum atomic E-state index is -0.322. The number of rotatable bonds is 3. The summed E-state index contributed by atoms with van der Waals surface area (Å²) in [6.07, 6.45) is 2.36. The maximum Gasteiger partial charge on any atom is 0.148 e. The lowest BCUT2D eigenvalue weighted by Gasteiger charge is -2.37. The van der Waals surface area contributed by atoms with E-state index in [1.807, 2.05) is 6.07 Å². The molecule has 4 aliphatic rings. The van der Waals surface area contributed by atoms with E-state index in [-0.39, 0.29) is 17.4 Å². The third kappa shape index (κ3) is 3.77. The molecule has 4 aliphatic heterocycles. The normalized spacial score (nSPS) is 26.9. The second-order valence-corrected chi connectivity index (χ2v) is 11.1. The standard InChI is InChI=1S/C26H33ClFN5O/c1-26(2)12-17(31-9-5-10-31)14-33(26)25-20-15-32-11-8-29-13-18(32)16-34-24(20)22(27)23(30-25)19-6-3-4-7-21(19)28/h3-4,6-7,17-18,29H,5,8-16H2,1-2H3/t17?,18-/m1/s1. The second-order valence-electron chi connectivity index (χ2n) is 10.7. The van der Waals surface area contributed by atoms with Gasteiger partial charge in [0.25, 0.3) is 0 Å². The number of halogens is 2. The average molecular weight is 486 g/mol. The number of piperazine rings is 1. The molecule has 3 saturated heterocycles. The first-order valence-corrected chi connectivity index (χ1v) is 12.9. The van der Waals surface area contributed by atoms with E-state index in [9.17, 15) is 4.39 Å². The number of likely N-dealkylation sites (tertiary alicyclic amines) is 1. The third-order valence-electron chi connectivity index (χ3n) is 8.07. The Morgan fingerprint density at radius 3 is 2.74 bits per heavy atom. The Morgan fingerprint density at radius 1 is 1.15 bits per heavy atom. The van der Waals surface area contributed by atoms with Crippen molar-refractivity contribution in [3.05, 3.63) is 40.7 Å². The Morgan fingerprint density at radius 2 is 1.97 bits per heavy atom. The van der Waals surface area contributed by atoms with E-state index in [0.717, 1.165) is 50.5 Å². The predicted molar refractivity (Wildman–Crippen MR) is 133 cm³/mol. The maximum absolute atomic E-state index is 14.9. The van der Waals surface area contributed by atoms with Gasteiger partial charge in [-0.3, -0.25) is 9.80 Å². The summed E-state index contributed by atoms with van der Waals surface area (Å²) in [5, 5.41) is 3.89. The molecule has 1 aromatic carbocycles. The summed E-state index contributed by atoms with van der Waals surface area (Å²) in [5.41, 5.74) is 1.85. The van der Waals surface area contributed by atoms with Gasteiger partial charge in [0, 0.05) is 49.9 Å². The Kier molecular flexibility index (Phi) is 5.72. The van der Waals surface area contributed by atoms with Crippen LogP contribution in [0.5, 0.6) is 5.75 Å². The Balaban J connectivity index is 1.50. The number of aromatic nitrogens is 1. The molecule has 5 heterocycles. The van der Waals surface area contributed by atoms with Crippen molar-refractivity contribution < 1.29 is 9.13 Å². The fourth-order valence-corrected chi connectivity index (χ4v) is 6.32. The molecule has 1 N–H and O–H groups in total. The molecule has 6 nitrogen and oxygen atoms in total. The predicted octanol–water partition coefficient (Wildman–Crippen LogP) is 3.77. The van der Waals surface area contributed by atoms with Crippen molar-refractivity contribution in [1.29, 1.82) is 0 Å². The number of anilines is 1. The van der Waals surface area contributed by atoms with E-state index in [2.05, 4.69) is 33.9 Å². The molecular formula is C26H33ClFN5O. The molecule has 0 saturated carbocycles. The molecule has 0 aliphatic carbocycles. The van der Waals surface area contributed by atoms with Crippen LogP contribution in [-0.2, 0) is 6.54 Å². The second kappa shape index (κ2) is 8.63. The highest BCUT2D eigenvalue weighted by Gasteiger charge is 2.45. The smallest absolute Gasteiger partial charge is 0.148 e. The van der Waals surface area contributed by atoms with Crippen molar-refractivity contribution in [2.45, 2.75) is 50.9 Å². The molecule has 8 heteroatoms. The van der Waals surface area contributed by atoms with Crippen LogP contribution in [0.1, 0.15) is 32.3 Å². The van der Waals surface area contributed by atoms with Gasteiger partial charge in [-0.05, 0) is 51.9 Å². The van der Waals surface area contributed by atoms with Crippen molar-refractivity contribution in [2.75, 3.05) is 50.8 Å². The van der Waals surface area contributed by atoms with E-state index in [4.69, 9.17) is 21.3 Å². The number of fused-ring (bicyclic) bond motifs is 2. The van der Waals surface area contributed by atoms with Crippen LogP contribution >= 0.6 is 11.6 Å². The van der Waals surface area contributed by atoms with Crippen molar-refractivity contribution >= 4 is 17.4 Å². The first-order valence-electron chi connectivity index (χ1n) is 12.5. The Bertz CT molecular complexity index is 1090. The Labute approximate surface area is 206 Å². The van der Waals surface area contributed by atoms with Crippen LogP contribution in [0.3, 0.4) is 0 Å². The topological polar surface area (TPSA) is 43.9 Å².